The Hall–Kier alpha value is -2.94. The number of nitrogens with one attached hydrogen (secondary N) is 1. The molecule has 9 heteroatoms. The summed E-state index contributed by atoms with van der Waals surface area (Å²) in [4.78, 5) is 26.7. The van der Waals surface area contributed by atoms with Gasteiger partial charge >= 0.3 is 0 Å². The van der Waals surface area contributed by atoms with Crippen molar-refractivity contribution in [2.75, 3.05) is 26.3 Å². The Balaban J connectivity index is 1.40. The molecule has 2 aromatic rings. The highest BCUT2D eigenvalue weighted by Gasteiger charge is 2.28. The number of aromatic nitrogens is 2. The van der Waals surface area contributed by atoms with Gasteiger partial charge in [-0.25, -0.2) is 0 Å². The van der Waals surface area contributed by atoms with Gasteiger partial charge in [0.1, 0.15) is 0 Å². The van der Waals surface area contributed by atoms with Crippen molar-refractivity contribution in [3.05, 3.63) is 30.0 Å². The maximum atomic E-state index is 12.7. The monoisotopic (exact) mass is 413 g/mol. The van der Waals surface area contributed by atoms with Gasteiger partial charge in [-0.3, -0.25) is 14.3 Å². The molecule has 1 aromatic heterocycles. The van der Waals surface area contributed by atoms with Crippen LogP contribution < -0.4 is 5.32 Å². The van der Waals surface area contributed by atoms with Gasteiger partial charge in [0.2, 0.25) is 5.91 Å². The average Bonchev–Trinajstić information content (AvgIpc) is 3.12. The summed E-state index contributed by atoms with van der Waals surface area (Å²) in [6.45, 7) is 6.25. The quantitative estimate of drug-likeness (QED) is 0.345. The van der Waals surface area contributed by atoms with Gasteiger partial charge in [0, 0.05) is 42.1 Å². The molecule has 3 heterocycles. The summed E-state index contributed by atoms with van der Waals surface area (Å²) in [6.07, 6.45) is 3.24. The van der Waals surface area contributed by atoms with Crippen molar-refractivity contribution in [1.82, 2.24) is 20.0 Å². The second kappa shape index (κ2) is 8.43. The predicted octanol–water partition coefficient (Wildman–Crippen LogP) is 2.02. The third-order valence-corrected chi connectivity index (χ3v) is 5.82. The molecule has 2 N–H and O–H groups in total. The fraction of sp³-hybridized carbons (Fsp3) is 0.524. The summed E-state index contributed by atoms with van der Waals surface area (Å²) in [6, 6.07) is 5.58. The minimum Gasteiger partial charge on any atom is -0.409 e. The lowest BCUT2D eigenvalue weighted by molar-refractivity contribution is -0.135. The fourth-order valence-electron chi connectivity index (χ4n) is 3.88. The van der Waals surface area contributed by atoms with E-state index in [0.717, 1.165) is 10.9 Å². The first-order valence-corrected chi connectivity index (χ1v) is 10.3. The highest BCUT2D eigenvalue weighted by molar-refractivity contribution is 6.08. The Kier molecular flexibility index (Phi) is 5.72. The van der Waals surface area contributed by atoms with Gasteiger partial charge in [-0.15, -0.1) is 0 Å². The summed E-state index contributed by atoms with van der Waals surface area (Å²) < 4.78 is 7.09. The lowest BCUT2D eigenvalue weighted by Crippen LogP contribution is -2.45. The Labute approximate surface area is 174 Å². The number of ether oxygens (including phenoxy) is 1. The molecule has 0 aliphatic carbocycles. The molecule has 0 spiro atoms. The van der Waals surface area contributed by atoms with E-state index in [1.54, 1.807) is 12.1 Å². The molecule has 2 saturated heterocycles. The van der Waals surface area contributed by atoms with E-state index in [1.165, 1.54) is 0 Å². The number of carbonyl (C=O) groups is 2. The number of fused-ring (bicyclic) bond motifs is 1. The van der Waals surface area contributed by atoms with Crippen LogP contribution in [0.25, 0.3) is 10.9 Å². The zero-order chi connectivity index (χ0) is 21.3. The van der Waals surface area contributed by atoms with Crippen LogP contribution in [0.1, 0.15) is 43.1 Å². The van der Waals surface area contributed by atoms with Gasteiger partial charge in [-0.2, -0.15) is 5.10 Å². The summed E-state index contributed by atoms with van der Waals surface area (Å²) >= 11 is 0. The third kappa shape index (κ3) is 4.02. The second-order valence-electron chi connectivity index (χ2n) is 8.27. The number of piperidine rings is 1. The summed E-state index contributed by atoms with van der Waals surface area (Å²) in [5.74, 6) is -0.110. The number of carbonyl (C=O) groups excluding carboxylic acids is 2. The summed E-state index contributed by atoms with van der Waals surface area (Å²) in [7, 11) is 0. The molecular weight excluding hydrogens is 386 g/mol. The number of nitrogens with zero attached hydrogens (tertiary/aromatic N) is 4. The smallest absolute Gasteiger partial charge is 0.256 e. The van der Waals surface area contributed by atoms with Gasteiger partial charge < -0.3 is 20.2 Å². The Morgan fingerprint density at radius 1 is 1.27 bits per heavy atom. The van der Waals surface area contributed by atoms with E-state index in [0.29, 0.717) is 44.7 Å². The Bertz CT molecular complexity index is 971. The standard InChI is InChI=1S/C21H27N5O4/c1-13(2)21(28)25-7-5-14(6-8-25)19(24-29)22-20(27)15-3-4-16-10-26(17-11-30-12-17)23-18(16)9-15/h3-4,9-10,13-14,17,29H,5-8,11-12H2,1-2H3,(H,22,24,27). The van der Waals surface area contributed by atoms with Gasteiger partial charge in [-0.05, 0) is 25.0 Å². The molecule has 9 nitrogen and oxygen atoms in total. The molecule has 30 heavy (non-hydrogen) atoms. The number of oxime groups is 1. The highest BCUT2D eigenvalue weighted by atomic mass is 16.5. The molecule has 160 valence electrons. The lowest BCUT2D eigenvalue weighted by Gasteiger charge is -2.33. The molecule has 2 amide bonds. The van der Waals surface area contributed by atoms with E-state index >= 15 is 0 Å². The largest absolute Gasteiger partial charge is 0.409 e. The fourth-order valence-corrected chi connectivity index (χ4v) is 3.88. The first kappa shape index (κ1) is 20.3. The molecule has 2 fully saturated rings. The number of likely N-dealkylation sites (tertiary alicyclic amines) is 1. The zero-order valence-corrected chi connectivity index (χ0v) is 17.2. The maximum absolute atomic E-state index is 12.7. The van der Waals surface area contributed by atoms with Crippen LogP contribution >= 0.6 is 0 Å². The van der Waals surface area contributed by atoms with Crippen LogP contribution in [0.5, 0.6) is 0 Å². The van der Waals surface area contributed by atoms with Gasteiger partial charge in [-0.1, -0.05) is 25.1 Å². The van der Waals surface area contributed by atoms with E-state index in [1.807, 2.05) is 35.7 Å². The van der Waals surface area contributed by atoms with E-state index < -0.39 is 0 Å². The van der Waals surface area contributed by atoms with Crippen molar-refractivity contribution >= 4 is 28.6 Å². The van der Waals surface area contributed by atoms with Crippen molar-refractivity contribution in [2.45, 2.75) is 32.7 Å². The average molecular weight is 413 g/mol. The van der Waals surface area contributed by atoms with Gasteiger partial charge in [0.15, 0.2) is 5.84 Å². The second-order valence-corrected chi connectivity index (χ2v) is 8.27. The van der Waals surface area contributed by atoms with Crippen molar-refractivity contribution in [3.8, 4) is 0 Å². The lowest BCUT2D eigenvalue weighted by atomic mass is 9.94. The number of hydrogen-bond acceptors (Lipinski definition) is 6. The topological polar surface area (TPSA) is 109 Å². The molecule has 2 aliphatic rings. The van der Waals surface area contributed by atoms with E-state index in [-0.39, 0.29) is 35.5 Å². The first-order chi connectivity index (χ1) is 14.5. The van der Waals surface area contributed by atoms with Crippen molar-refractivity contribution < 1.29 is 19.5 Å². The zero-order valence-electron chi connectivity index (χ0n) is 17.2. The number of rotatable bonds is 4. The van der Waals surface area contributed by atoms with Crippen LogP contribution in [-0.4, -0.2) is 63.8 Å². The van der Waals surface area contributed by atoms with E-state index in [9.17, 15) is 14.8 Å². The highest BCUT2D eigenvalue weighted by Crippen LogP contribution is 2.22. The van der Waals surface area contributed by atoms with Crippen LogP contribution in [0, 0.1) is 11.8 Å². The molecule has 0 radical (unpaired) electrons. The number of benzene rings is 1. The van der Waals surface area contributed by atoms with Crippen molar-refractivity contribution in [3.63, 3.8) is 0 Å². The minimum atomic E-state index is -0.341. The molecule has 0 atom stereocenters. The van der Waals surface area contributed by atoms with Crippen molar-refractivity contribution in [2.24, 2.45) is 17.0 Å². The van der Waals surface area contributed by atoms with Gasteiger partial charge in [0.05, 0.1) is 24.8 Å². The summed E-state index contributed by atoms with van der Waals surface area (Å²) in [5.41, 5.74) is 1.18. The molecular formula is C21H27N5O4. The van der Waals surface area contributed by atoms with E-state index in [2.05, 4.69) is 15.6 Å². The van der Waals surface area contributed by atoms with Crippen LogP contribution in [0.2, 0.25) is 0 Å². The Morgan fingerprint density at radius 3 is 2.60 bits per heavy atom. The molecule has 2 aliphatic heterocycles. The number of amidine groups is 1. The maximum Gasteiger partial charge on any atom is 0.256 e. The van der Waals surface area contributed by atoms with Crippen LogP contribution in [0.15, 0.2) is 29.6 Å². The van der Waals surface area contributed by atoms with Crippen LogP contribution in [-0.2, 0) is 9.53 Å². The van der Waals surface area contributed by atoms with Crippen LogP contribution in [0.4, 0.5) is 0 Å². The van der Waals surface area contributed by atoms with Gasteiger partial charge in [0.25, 0.3) is 5.91 Å². The molecule has 4 rings (SSSR count). The van der Waals surface area contributed by atoms with Crippen molar-refractivity contribution in [1.29, 1.82) is 0 Å². The molecule has 0 unspecified atom stereocenters. The number of amides is 2. The predicted molar refractivity (Wildman–Crippen MR) is 110 cm³/mol. The first-order valence-electron chi connectivity index (χ1n) is 10.3. The minimum absolute atomic E-state index is 0.0394. The number of hydrogen-bond donors (Lipinski definition) is 2. The summed E-state index contributed by atoms with van der Waals surface area (Å²) in [5, 5.41) is 21.1. The third-order valence-electron chi connectivity index (χ3n) is 5.82. The Morgan fingerprint density at radius 2 is 2.00 bits per heavy atom. The molecule has 0 saturated carbocycles. The SMILES string of the molecule is CC(C)C(=O)N1CCC(/C(=N\O)NC(=O)c2ccc3cn(C4COC4)nc3c2)CC1. The van der Waals surface area contributed by atoms with Crippen LogP contribution in [0.3, 0.4) is 0 Å². The normalized spacial score (nSPS) is 18.6. The van der Waals surface area contributed by atoms with E-state index in [4.69, 9.17) is 4.74 Å². The molecule has 1 aromatic carbocycles. The molecule has 0 bridgehead atoms.